The molecule has 1 fully saturated rings. The topological polar surface area (TPSA) is 74.0 Å². The molecule has 0 aliphatic carbocycles. The zero-order valence-electron chi connectivity index (χ0n) is 15.4. The molecule has 27 heavy (non-hydrogen) atoms. The minimum atomic E-state index is 0.0427. The van der Waals surface area contributed by atoms with Crippen molar-refractivity contribution in [2.45, 2.75) is 19.4 Å². The van der Waals surface area contributed by atoms with Crippen LogP contribution in [0.15, 0.2) is 42.5 Å². The highest BCUT2D eigenvalue weighted by Crippen LogP contribution is 2.23. The van der Waals surface area contributed by atoms with Crippen molar-refractivity contribution >= 4 is 16.9 Å². The van der Waals surface area contributed by atoms with Crippen molar-refractivity contribution in [2.24, 2.45) is 0 Å². The number of carbonyl (C=O) groups excluding carboxylic acids is 1. The molecular weight excluding hydrogens is 338 g/mol. The summed E-state index contributed by atoms with van der Waals surface area (Å²) in [6.45, 7) is 3.75. The Morgan fingerprint density at radius 1 is 1.30 bits per heavy atom. The predicted octanol–water partition coefficient (Wildman–Crippen LogP) is 2.64. The average molecular weight is 359 g/mol. The molecule has 0 saturated carbocycles. The molecule has 0 radical (unpaired) electrons. The van der Waals surface area contributed by atoms with Crippen LogP contribution >= 0.6 is 0 Å². The van der Waals surface area contributed by atoms with Crippen LogP contribution in [0.4, 0.5) is 0 Å². The SMILES string of the molecule is Cc1nc2cc(C#N)ccc2n1-c1ccc(C(=O)N(C)[C@@H]2CCNC2)cc1. The Morgan fingerprint density at radius 2 is 2.07 bits per heavy atom. The zero-order chi connectivity index (χ0) is 19.0. The van der Waals surface area contributed by atoms with Crippen molar-refractivity contribution in [2.75, 3.05) is 20.1 Å². The van der Waals surface area contributed by atoms with Gasteiger partial charge in [-0.15, -0.1) is 0 Å². The minimum absolute atomic E-state index is 0.0427. The number of nitrogens with zero attached hydrogens (tertiary/aromatic N) is 4. The van der Waals surface area contributed by atoms with Gasteiger partial charge in [0.2, 0.25) is 0 Å². The largest absolute Gasteiger partial charge is 0.337 e. The van der Waals surface area contributed by atoms with Gasteiger partial charge in [0.25, 0.3) is 5.91 Å². The molecule has 2 heterocycles. The van der Waals surface area contributed by atoms with Gasteiger partial charge in [0.05, 0.1) is 22.7 Å². The summed E-state index contributed by atoms with van der Waals surface area (Å²) >= 11 is 0. The fourth-order valence-corrected chi connectivity index (χ4v) is 3.69. The van der Waals surface area contributed by atoms with E-state index in [1.807, 2.05) is 53.8 Å². The number of imidazole rings is 1. The highest BCUT2D eigenvalue weighted by molar-refractivity contribution is 5.94. The molecule has 6 nitrogen and oxygen atoms in total. The molecule has 1 saturated heterocycles. The smallest absolute Gasteiger partial charge is 0.253 e. The van der Waals surface area contributed by atoms with Crippen LogP contribution in [0.1, 0.15) is 28.2 Å². The van der Waals surface area contributed by atoms with E-state index in [4.69, 9.17) is 5.26 Å². The number of benzene rings is 2. The van der Waals surface area contributed by atoms with Crippen molar-refractivity contribution in [1.82, 2.24) is 19.8 Å². The monoisotopic (exact) mass is 359 g/mol. The van der Waals surface area contributed by atoms with Crippen molar-refractivity contribution in [3.8, 4) is 11.8 Å². The maximum atomic E-state index is 12.7. The number of hydrogen-bond acceptors (Lipinski definition) is 4. The summed E-state index contributed by atoms with van der Waals surface area (Å²) < 4.78 is 2.04. The maximum absolute atomic E-state index is 12.7. The highest BCUT2D eigenvalue weighted by Gasteiger charge is 2.24. The van der Waals surface area contributed by atoms with E-state index in [-0.39, 0.29) is 11.9 Å². The second-order valence-corrected chi connectivity index (χ2v) is 6.92. The van der Waals surface area contributed by atoms with E-state index in [2.05, 4.69) is 16.4 Å². The molecule has 1 aliphatic heterocycles. The molecule has 1 amide bonds. The molecule has 1 N–H and O–H groups in total. The molecule has 2 aromatic carbocycles. The number of likely N-dealkylation sites (N-methyl/N-ethyl adjacent to an activating group) is 1. The first-order chi connectivity index (χ1) is 13.1. The van der Waals surface area contributed by atoms with E-state index in [0.29, 0.717) is 11.1 Å². The number of hydrogen-bond donors (Lipinski definition) is 1. The number of nitrogens with one attached hydrogen (secondary N) is 1. The number of amides is 1. The van der Waals surface area contributed by atoms with Crippen LogP contribution in [0.2, 0.25) is 0 Å². The van der Waals surface area contributed by atoms with Gasteiger partial charge in [0.15, 0.2) is 0 Å². The summed E-state index contributed by atoms with van der Waals surface area (Å²) in [5.74, 6) is 0.884. The van der Waals surface area contributed by atoms with Gasteiger partial charge < -0.3 is 10.2 Å². The van der Waals surface area contributed by atoms with Crippen LogP contribution in [0.25, 0.3) is 16.7 Å². The third-order valence-corrected chi connectivity index (χ3v) is 5.23. The van der Waals surface area contributed by atoms with Gasteiger partial charge in [-0.1, -0.05) is 0 Å². The molecule has 6 heteroatoms. The third kappa shape index (κ3) is 3.07. The molecule has 1 atom stereocenters. The van der Waals surface area contributed by atoms with Crippen LogP contribution in [-0.2, 0) is 0 Å². The Morgan fingerprint density at radius 3 is 2.74 bits per heavy atom. The Hall–Kier alpha value is -3.17. The van der Waals surface area contributed by atoms with Gasteiger partial charge in [-0.3, -0.25) is 9.36 Å². The van der Waals surface area contributed by atoms with Crippen LogP contribution < -0.4 is 5.32 Å². The first-order valence-electron chi connectivity index (χ1n) is 9.06. The fourth-order valence-electron chi connectivity index (χ4n) is 3.69. The second kappa shape index (κ2) is 6.86. The van der Waals surface area contributed by atoms with Crippen molar-refractivity contribution in [1.29, 1.82) is 5.26 Å². The lowest BCUT2D eigenvalue weighted by atomic mass is 10.1. The second-order valence-electron chi connectivity index (χ2n) is 6.92. The quantitative estimate of drug-likeness (QED) is 0.780. The molecule has 1 aliphatic rings. The van der Waals surface area contributed by atoms with Gasteiger partial charge >= 0.3 is 0 Å². The Bertz CT molecular complexity index is 1040. The number of aromatic nitrogens is 2. The number of carbonyl (C=O) groups is 1. The normalized spacial score (nSPS) is 16.4. The van der Waals surface area contributed by atoms with E-state index in [0.717, 1.165) is 42.1 Å². The Balaban J connectivity index is 1.64. The standard InChI is InChI=1S/C21H21N5O/c1-14-24-19-11-15(12-22)3-8-20(19)26(14)17-6-4-16(5-7-17)21(27)25(2)18-9-10-23-13-18/h3-8,11,18,23H,9-10,13H2,1-2H3/t18-/m1/s1. The number of rotatable bonds is 3. The summed E-state index contributed by atoms with van der Waals surface area (Å²) in [6, 6.07) is 15.5. The third-order valence-electron chi connectivity index (χ3n) is 5.23. The zero-order valence-corrected chi connectivity index (χ0v) is 15.4. The molecule has 0 unspecified atom stereocenters. The van der Waals surface area contributed by atoms with E-state index < -0.39 is 0 Å². The number of nitriles is 1. The van der Waals surface area contributed by atoms with E-state index in [9.17, 15) is 4.79 Å². The number of fused-ring (bicyclic) bond motifs is 1. The van der Waals surface area contributed by atoms with Gasteiger partial charge in [0.1, 0.15) is 5.82 Å². The molecule has 0 spiro atoms. The number of aryl methyl sites for hydroxylation is 1. The molecule has 0 bridgehead atoms. The van der Waals surface area contributed by atoms with Gasteiger partial charge in [-0.2, -0.15) is 5.26 Å². The predicted molar refractivity (Wildman–Crippen MR) is 104 cm³/mol. The van der Waals surface area contributed by atoms with Gasteiger partial charge in [-0.25, -0.2) is 4.98 Å². The molecular formula is C21H21N5O. The van der Waals surface area contributed by atoms with Crippen LogP contribution in [0.3, 0.4) is 0 Å². The summed E-state index contributed by atoms with van der Waals surface area (Å²) in [5.41, 5.74) is 3.96. The lowest BCUT2D eigenvalue weighted by molar-refractivity contribution is 0.0744. The molecule has 3 aromatic rings. The fraction of sp³-hybridized carbons (Fsp3) is 0.286. The lowest BCUT2D eigenvalue weighted by Crippen LogP contribution is -2.38. The summed E-state index contributed by atoms with van der Waals surface area (Å²) in [4.78, 5) is 19.1. The Kier molecular flexibility index (Phi) is 4.38. The molecule has 1 aromatic heterocycles. The minimum Gasteiger partial charge on any atom is -0.337 e. The highest BCUT2D eigenvalue weighted by atomic mass is 16.2. The molecule has 4 rings (SSSR count). The van der Waals surface area contributed by atoms with Crippen molar-refractivity contribution < 1.29 is 4.79 Å². The lowest BCUT2D eigenvalue weighted by Gasteiger charge is -2.24. The summed E-state index contributed by atoms with van der Waals surface area (Å²) in [6.07, 6.45) is 0.991. The Labute approximate surface area is 158 Å². The van der Waals surface area contributed by atoms with E-state index >= 15 is 0 Å². The molecule has 136 valence electrons. The van der Waals surface area contributed by atoms with E-state index in [1.165, 1.54) is 0 Å². The average Bonchev–Trinajstić information content (AvgIpc) is 3.33. The summed E-state index contributed by atoms with van der Waals surface area (Å²) in [5, 5.41) is 12.4. The maximum Gasteiger partial charge on any atom is 0.253 e. The van der Waals surface area contributed by atoms with Crippen LogP contribution in [-0.4, -0.2) is 46.5 Å². The van der Waals surface area contributed by atoms with Crippen LogP contribution in [0.5, 0.6) is 0 Å². The van der Waals surface area contributed by atoms with Gasteiger partial charge in [-0.05, 0) is 62.4 Å². The van der Waals surface area contributed by atoms with Crippen molar-refractivity contribution in [3.05, 3.63) is 59.4 Å². The van der Waals surface area contributed by atoms with Crippen LogP contribution in [0, 0.1) is 18.3 Å². The first kappa shape index (κ1) is 17.3. The first-order valence-corrected chi connectivity index (χ1v) is 9.06. The van der Waals surface area contributed by atoms with E-state index in [1.54, 1.807) is 12.1 Å². The summed E-state index contributed by atoms with van der Waals surface area (Å²) in [7, 11) is 1.87. The van der Waals surface area contributed by atoms with Crippen molar-refractivity contribution in [3.63, 3.8) is 0 Å². The van der Waals surface area contributed by atoms with Gasteiger partial charge in [0, 0.05) is 30.9 Å².